The molecule has 2 N–H and O–H groups in total. The Morgan fingerprint density at radius 3 is 1.24 bits per heavy atom. The topological polar surface area (TPSA) is 115 Å². The lowest BCUT2D eigenvalue weighted by Gasteiger charge is -2.39. The van der Waals surface area contributed by atoms with E-state index in [0.717, 1.165) is 25.8 Å². The molecule has 7 nitrogen and oxygen atoms in total. The number of aliphatic carboxylic acids is 3. The van der Waals surface area contributed by atoms with E-state index in [1.165, 1.54) is 96.3 Å². The standard InChI is InChI=1S/C34H63NO6/c1-2-3-4-5-6-7-8-9-10-11-12-13-14-15-16-17-18-19-20-21-28-35(29-22-25-32(36)37,30-23-26-33(38)39)31-24-27-34(40)41/h18-19H,2-17,20-31H2,1H3,(H2-,36,37,38,39,40,41)/b19-18+. The van der Waals surface area contributed by atoms with Crippen LogP contribution in [0.2, 0.25) is 0 Å². The van der Waals surface area contributed by atoms with Crippen molar-refractivity contribution in [2.75, 3.05) is 26.2 Å². The molecule has 0 heterocycles. The van der Waals surface area contributed by atoms with E-state index in [2.05, 4.69) is 19.1 Å². The van der Waals surface area contributed by atoms with Crippen LogP contribution in [0, 0.1) is 0 Å². The van der Waals surface area contributed by atoms with Crippen molar-refractivity contribution >= 4 is 17.9 Å². The number of nitrogens with zero attached hydrogens (tertiary/aromatic N) is 1. The third kappa shape index (κ3) is 28.0. The molecule has 0 rings (SSSR count). The Bertz CT molecular complexity index is 628. The van der Waals surface area contributed by atoms with Crippen molar-refractivity contribution in [3.05, 3.63) is 12.2 Å². The maximum Gasteiger partial charge on any atom is 0.303 e. The molecular formula is C34H63NO6. The normalized spacial score (nSPS) is 11.8. The predicted octanol–water partition coefficient (Wildman–Crippen LogP) is 7.66. The zero-order chi connectivity index (χ0) is 30.4. The Hall–Kier alpha value is -1.89. The van der Waals surface area contributed by atoms with Crippen LogP contribution >= 0.6 is 0 Å². The smallest absolute Gasteiger partial charge is 0.303 e. The largest absolute Gasteiger partial charge is 0.550 e. The Morgan fingerprint density at radius 1 is 0.512 bits per heavy atom. The molecule has 0 bridgehead atoms. The lowest BCUT2D eigenvalue weighted by molar-refractivity contribution is -0.928. The molecule has 0 aromatic rings. The summed E-state index contributed by atoms with van der Waals surface area (Å²) in [4.78, 5) is 33.1. The molecule has 41 heavy (non-hydrogen) atoms. The molecule has 0 aromatic heterocycles. The quantitative estimate of drug-likeness (QED) is 0.0479. The minimum atomic E-state index is -1.08. The molecule has 0 fully saturated rings. The molecule has 0 aromatic carbocycles. The fourth-order valence-corrected chi connectivity index (χ4v) is 5.77. The van der Waals surface area contributed by atoms with Gasteiger partial charge in [-0.2, -0.15) is 0 Å². The average Bonchev–Trinajstić information content (AvgIpc) is 2.91. The van der Waals surface area contributed by atoms with E-state index in [-0.39, 0.29) is 19.3 Å². The van der Waals surface area contributed by atoms with Crippen LogP contribution in [0.25, 0.3) is 0 Å². The Balaban J connectivity index is 4.14. The van der Waals surface area contributed by atoms with E-state index in [1.807, 2.05) is 0 Å². The van der Waals surface area contributed by atoms with Gasteiger partial charge in [-0.15, -0.1) is 0 Å². The van der Waals surface area contributed by atoms with Crippen molar-refractivity contribution in [3.63, 3.8) is 0 Å². The second-order valence-corrected chi connectivity index (χ2v) is 12.1. The van der Waals surface area contributed by atoms with Crippen LogP contribution in [-0.2, 0) is 14.4 Å². The zero-order valence-corrected chi connectivity index (χ0v) is 26.4. The molecule has 0 saturated carbocycles. The van der Waals surface area contributed by atoms with Gasteiger partial charge in [-0.1, -0.05) is 109 Å². The summed E-state index contributed by atoms with van der Waals surface area (Å²) in [6.45, 7) is 4.93. The molecule has 240 valence electrons. The van der Waals surface area contributed by atoms with Gasteiger partial charge in [0.2, 0.25) is 0 Å². The maximum absolute atomic E-state index is 11.1. The number of carboxylic acid groups (broad SMARTS) is 3. The summed E-state index contributed by atoms with van der Waals surface area (Å²) in [5.41, 5.74) is 0. The molecule has 0 aliphatic rings. The van der Waals surface area contributed by atoms with Gasteiger partial charge in [-0.25, -0.2) is 0 Å². The summed E-state index contributed by atoms with van der Waals surface area (Å²) in [6, 6.07) is 0. The summed E-state index contributed by atoms with van der Waals surface area (Å²) in [6.07, 6.45) is 29.6. The molecule has 0 spiro atoms. The summed E-state index contributed by atoms with van der Waals surface area (Å²) in [5, 5.41) is 29.1. The lowest BCUT2D eigenvalue weighted by atomic mass is 10.0. The highest BCUT2D eigenvalue weighted by Gasteiger charge is 2.26. The van der Waals surface area contributed by atoms with Crippen LogP contribution in [0.1, 0.15) is 161 Å². The van der Waals surface area contributed by atoms with E-state index in [0.29, 0.717) is 43.4 Å². The summed E-state index contributed by atoms with van der Waals surface area (Å²) >= 11 is 0. The molecule has 0 atom stereocenters. The Labute approximate surface area is 251 Å². The monoisotopic (exact) mass is 581 g/mol. The van der Waals surface area contributed by atoms with E-state index >= 15 is 0 Å². The van der Waals surface area contributed by atoms with Crippen molar-refractivity contribution in [2.24, 2.45) is 0 Å². The average molecular weight is 582 g/mol. The van der Waals surface area contributed by atoms with Crippen LogP contribution in [0.5, 0.6) is 0 Å². The maximum atomic E-state index is 11.1. The van der Waals surface area contributed by atoms with E-state index in [1.54, 1.807) is 0 Å². The van der Waals surface area contributed by atoms with Gasteiger partial charge < -0.3 is 24.6 Å². The van der Waals surface area contributed by atoms with Gasteiger partial charge in [-0.3, -0.25) is 9.59 Å². The van der Waals surface area contributed by atoms with Crippen molar-refractivity contribution in [3.8, 4) is 0 Å². The number of allylic oxidation sites excluding steroid dienone is 2. The van der Waals surface area contributed by atoms with Crippen molar-refractivity contribution in [1.82, 2.24) is 0 Å². The molecule has 0 aliphatic heterocycles. The third-order valence-corrected chi connectivity index (χ3v) is 8.20. The molecular weight excluding hydrogens is 518 g/mol. The Morgan fingerprint density at radius 2 is 0.854 bits per heavy atom. The number of carbonyl (C=O) groups excluding carboxylic acids is 1. The second-order valence-electron chi connectivity index (χ2n) is 12.1. The number of hydrogen-bond acceptors (Lipinski definition) is 4. The van der Waals surface area contributed by atoms with E-state index in [4.69, 9.17) is 10.2 Å². The van der Waals surface area contributed by atoms with Crippen LogP contribution in [0.15, 0.2) is 12.2 Å². The van der Waals surface area contributed by atoms with Crippen LogP contribution in [0.3, 0.4) is 0 Å². The van der Waals surface area contributed by atoms with Gasteiger partial charge >= 0.3 is 11.9 Å². The minimum Gasteiger partial charge on any atom is -0.550 e. The molecule has 0 saturated heterocycles. The highest BCUT2D eigenvalue weighted by molar-refractivity contribution is 5.66. The predicted molar refractivity (Wildman–Crippen MR) is 166 cm³/mol. The first-order valence-electron chi connectivity index (χ1n) is 16.9. The lowest BCUT2D eigenvalue weighted by Crippen LogP contribution is -2.51. The van der Waals surface area contributed by atoms with Crippen LogP contribution < -0.4 is 5.11 Å². The third-order valence-electron chi connectivity index (χ3n) is 8.20. The minimum absolute atomic E-state index is 0.0307. The van der Waals surface area contributed by atoms with Gasteiger partial charge in [-0.05, 0) is 25.7 Å². The highest BCUT2D eigenvalue weighted by Crippen LogP contribution is 2.18. The summed E-state index contributed by atoms with van der Waals surface area (Å²) < 4.78 is 0.584. The zero-order valence-electron chi connectivity index (χ0n) is 26.4. The molecule has 7 heteroatoms. The number of carbonyl (C=O) groups is 3. The van der Waals surface area contributed by atoms with Gasteiger partial charge in [0, 0.05) is 31.7 Å². The van der Waals surface area contributed by atoms with Crippen LogP contribution in [0.4, 0.5) is 0 Å². The number of carboxylic acids is 3. The van der Waals surface area contributed by atoms with E-state index in [9.17, 15) is 19.5 Å². The second kappa shape index (κ2) is 28.2. The fourth-order valence-electron chi connectivity index (χ4n) is 5.77. The van der Waals surface area contributed by atoms with Crippen molar-refractivity contribution in [2.45, 2.75) is 161 Å². The summed E-state index contributed by atoms with van der Waals surface area (Å²) in [7, 11) is 0. The molecule has 0 unspecified atom stereocenters. The molecule has 0 radical (unpaired) electrons. The van der Waals surface area contributed by atoms with Gasteiger partial charge in [0.15, 0.2) is 0 Å². The van der Waals surface area contributed by atoms with E-state index < -0.39 is 17.9 Å². The first kappa shape index (κ1) is 39.1. The first-order valence-corrected chi connectivity index (χ1v) is 16.9. The fraction of sp³-hybridized carbons (Fsp3) is 0.853. The molecule has 0 amide bonds. The number of quaternary nitrogens is 1. The van der Waals surface area contributed by atoms with Crippen molar-refractivity contribution < 1.29 is 34.2 Å². The van der Waals surface area contributed by atoms with Gasteiger partial charge in [0.05, 0.1) is 39.0 Å². The summed E-state index contributed by atoms with van der Waals surface area (Å²) in [5.74, 6) is -2.77. The SMILES string of the molecule is CCCCCCCCCCCCCCCCC/C=C/CCC[N+](CCCC(=O)[O-])(CCCC(=O)O)CCCC(=O)O. The molecule has 0 aliphatic carbocycles. The number of hydrogen-bond donors (Lipinski definition) is 2. The Kier molecular flexibility index (Phi) is 26.9. The van der Waals surface area contributed by atoms with Gasteiger partial charge in [0.25, 0.3) is 0 Å². The van der Waals surface area contributed by atoms with Gasteiger partial charge in [0.1, 0.15) is 0 Å². The van der Waals surface area contributed by atoms with Crippen molar-refractivity contribution in [1.29, 1.82) is 0 Å². The number of rotatable bonds is 32. The first-order chi connectivity index (χ1) is 19.8. The van der Waals surface area contributed by atoms with Crippen LogP contribution in [-0.4, -0.2) is 58.8 Å². The number of unbranched alkanes of at least 4 members (excludes halogenated alkanes) is 16. The highest BCUT2D eigenvalue weighted by atomic mass is 16.4.